The Bertz CT molecular complexity index is 428. The molecule has 5 nitrogen and oxygen atoms in total. The number of benzene rings is 1. The molecule has 1 amide bonds. The third kappa shape index (κ3) is 5.42. The number of carbonyl (C=O) groups is 2. The van der Waals surface area contributed by atoms with E-state index in [1.165, 1.54) is 17.5 Å². The van der Waals surface area contributed by atoms with E-state index in [1.54, 1.807) is 0 Å². The molecule has 0 saturated carbocycles. The number of rotatable bonds is 6. The van der Waals surface area contributed by atoms with Crippen molar-refractivity contribution < 1.29 is 19.4 Å². The molecule has 1 rings (SSSR count). The van der Waals surface area contributed by atoms with E-state index in [4.69, 9.17) is 9.84 Å². The van der Waals surface area contributed by atoms with Gasteiger partial charge in [0.1, 0.15) is 6.61 Å². The molecule has 0 saturated heterocycles. The second kappa shape index (κ2) is 7.41. The van der Waals surface area contributed by atoms with Crippen LogP contribution in [0.2, 0.25) is 0 Å². The molecule has 0 atom stereocenters. The van der Waals surface area contributed by atoms with Crippen molar-refractivity contribution in [1.29, 1.82) is 0 Å². The normalized spacial score (nSPS) is 10.0. The zero-order valence-corrected chi connectivity index (χ0v) is 11.3. The summed E-state index contributed by atoms with van der Waals surface area (Å²) in [5.41, 5.74) is 2.14. The van der Waals surface area contributed by atoms with Gasteiger partial charge in [0, 0.05) is 13.6 Å². The van der Waals surface area contributed by atoms with Gasteiger partial charge in [0.25, 0.3) is 0 Å². The standard InChI is InChI=1S/C14H19NO4/c1-3-11-4-6-12(7-5-11)10-19-14(18)15(2)9-8-13(16)17/h4-7H,3,8-10H2,1-2H3,(H,16,17). The Labute approximate surface area is 112 Å². The highest BCUT2D eigenvalue weighted by atomic mass is 16.6. The lowest BCUT2D eigenvalue weighted by Crippen LogP contribution is -2.29. The number of aliphatic carboxylic acids is 1. The molecular weight excluding hydrogens is 246 g/mol. The van der Waals surface area contributed by atoms with Crippen molar-refractivity contribution in [2.24, 2.45) is 0 Å². The van der Waals surface area contributed by atoms with E-state index in [-0.39, 0.29) is 19.6 Å². The summed E-state index contributed by atoms with van der Waals surface area (Å²) >= 11 is 0. The summed E-state index contributed by atoms with van der Waals surface area (Å²) in [7, 11) is 1.52. The van der Waals surface area contributed by atoms with E-state index in [0.717, 1.165) is 12.0 Å². The number of hydrogen-bond acceptors (Lipinski definition) is 3. The first-order valence-electron chi connectivity index (χ1n) is 6.20. The van der Waals surface area contributed by atoms with Gasteiger partial charge in [-0.15, -0.1) is 0 Å². The Morgan fingerprint density at radius 1 is 1.21 bits per heavy atom. The van der Waals surface area contributed by atoms with Crippen molar-refractivity contribution in [1.82, 2.24) is 4.90 Å². The quantitative estimate of drug-likeness (QED) is 0.857. The topological polar surface area (TPSA) is 66.8 Å². The third-order valence-corrected chi connectivity index (χ3v) is 2.77. The monoisotopic (exact) mass is 265 g/mol. The van der Waals surface area contributed by atoms with Gasteiger partial charge in [0.05, 0.1) is 6.42 Å². The van der Waals surface area contributed by atoms with Crippen LogP contribution in [0.1, 0.15) is 24.5 Å². The summed E-state index contributed by atoms with van der Waals surface area (Å²) in [6.45, 7) is 2.41. The minimum absolute atomic E-state index is 0.0865. The highest BCUT2D eigenvalue weighted by Gasteiger charge is 2.11. The van der Waals surface area contributed by atoms with E-state index in [2.05, 4.69) is 6.92 Å². The van der Waals surface area contributed by atoms with Crippen molar-refractivity contribution in [3.05, 3.63) is 35.4 Å². The van der Waals surface area contributed by atoms with E-state index >= 15 is 0 Å². The molecule has 19 heavy (non-hydrogen) atoms. The van der Waals surface area contributed by atoms with Gasteiger partial charge in [0.15, 0.2) is 0 Å². The second-order valence-corrected chi connectivity index (χ2v) is 4.29. The van der Waals surface area contributed by atoms with E-state index in [1.807, 2.05) is 24.3 Å². The fourth-order valence-corrected chi connectivity index (χ4v) is 1.48. The van der Waals surface area contributed by atoms with Crippen LogP contribution in [0.25, 0.3) is 0 Å². The van der Waals surface area contributed by atoms with Crippen molar-refractivity contribution in [2.45, 2.75) is 26.4 Å². The SMILES string of the molecule is CCc1ccc(COC(=O)N(C)CCC(=O)O)cc1. The van der Waals surface area contributed by atoms with Crippen LogP contribution < -0.4 is 0 Å². The molecule has 1 aromatic rings. The summed E-state index contributed by atoms with van der Waals surface area (Å²) in [6, 6.07) is 7.83. The van der Waals surface area contributed by atoms with Gasteiger partial charge in [0.2, 0.25) is 0 Å². The summed E-state index contributed by atoms with van der Waals surface area (Å²) in [6.07, 6.45) is 0.371. The van der Waals surface area contributed by atoms with Crippen molar-refractivity contribution >= 4 is 12.1 Å². The lowest BCUT2D eigenvalue weighted by Gasteiger charge is -2.15. The van der Waals surface area contributed by atoms with Crippen LogP contribution >= 0.6 is 0 Å². The Hall–Kier alpha value is -2.04. The number of carbonyl (C=O) groups excluding carboxylic acids is 1. The number of carboxylic acid groups (broad SMARTS) is 1. The maximum absolute atomic E-state index is 11.6. The van der Waals surface area contributed by atoms with Crippen LogP contribution in [0, 0.1) is 0 Å². The fraction of sp³-hybridized carbons (Fsp3) is 0.429. The summed E-state index contributed by atoms with van der Waals surface area (Å²) in [5.74, 6) is -0.935. The predicted molar refractivity (Wildman–Crippen MR) is 70.9 cm³/mol. The number of amides is 1. The molecule has 104 valence electrons. The van der Waals surface area contributed by atoms with E-state index < -0.39 is 12.1 Å². The lowest BCUT2D eigenvalue weighted by molar-refractivity contribution is -0.137. The molecule has 0 bridgehead atoms. The molecule has 0 unspecified atom stereocenters. The molecule has 0 radical (unpaired) electrons. The summed E-state index contributed by atoms with van der Waals surface area (Å²) in [5, 5.41) is 8.52. The van der Waals surface area contributed by atoms with Gasteiger partial charge in [-0.05, 0) is 17.5 Å². The van der Waals surface area contributed by atoms with E-state index in [0.29, 0.717) is 0 Å². The number of carboxylic acids is 1. The van der Waals surface area contributed by atoms with Crippen LogP contribution in [-0.4, -0.2) is 35.7 Å². The minimum Gasteiger partial charge on any atom is -0.481 e. The maximum atomic E-state index is 11.6. The van der Waals surface area contributed by atoms with Crippen LogP contribution in [0.3, 0.4) is 0 Å². The predicted octanol–water partition coefficient (Wildman–Crippen LogP) is 2.29. The van der Waals surface area contributed by atoms with Gasteiger partial charge >= 0.3 is 12.1 Å². The van der Waals surface area contributed by atoms with Gasteiger partial charge < -0.3 is 14.7 Å². The first-order valence-corrected chi connectivity index (χ1v) is 6.20. The average molecular weight is 265 g/mol. The minimum atomic E-state index is -0.935. The highest BCUT2D eigenvalue weighted by Crippen LogP contribution is 2.07. The molecule has 0 aromatic heterocycles. The Morgan fingerprint density at radius 3 is 2.32 bits per heavy atom. The second-order valence-electron chi connectivity index (χ2n) is 4.29. The van der Waals surface area contributed by atoms with Gasteiger partial charge in [-0.1, -0.05) is 31.2 Å². The molecule has 0 spiro atoms. The molecular formula is C14H19NO4. The zero-order chi connectivity index (χ0) is 14.3. The zero-order valence-electron chi connectivity index (χ0n) is 11.3. The smallest absolute Gasteiger partial charge is 0.409 e. The maximum Gasteiger partial charge on any atom is 0.409 e. The number of nitrogens with zero attached hydrogens (tertiary/aromatic N) is 1. The molecule has 1 aromatic carbocycles. The van der Waals surface area contributed by atoms with Crippen LogP contribution in [-0.2, 0) is 22.6 Å². The Kier molecular flexibility index (Phi) is 5.85. The van der Waals surface area contributed by atoms with Gasteiger partial charge in [-0.25, -0.2) is 4.79 Å². The van der Waals surface area contributed by atoms with Gasteiger partial charge in [-0.2, -0.15) is 0 Å². The lowest BCUT2D eigenvalue weighted by atomic mass is 10.1. The average Bonchev–Trinajstić information content (AvgIpc) is 2.42. The largest absolute Gasteiger partial charge is 0.481 e. The van der Waals surface area contributed by atoms with Crippen LogP contribution in [0.5, 0.6) is 0 Å². The third-order valence-electron chi connectivity index (χ3n) is 2.77. The number of aryl methyl sites for hydroxylation is 1. The molecule has 1 N–H and O–H groups in total. The molecule has 0 fully saturated rings. The summed E-state index contributed by atoms with van der Waals surface area (Å²) in [4.78, 5) is 23.2. The van der Waals surface area contributed by atoms with Crippen LogP contribution in [0.15, 0.2) is 24.3 Å². The van der Waals surface area contributed by atoms with E-state index in [9.17, 15) is 9.59 Å². The Morgan fingerprint density at radius 2 is 1.79 bits per heavy atom. The summed E-state index contributed by atoms with van der Waals surface area (Å²) < 4.78 is 5.09. The Balaban J connectivity index is 2.38. The van der Waals surface area contributed by atoms with Crippen molar-refractivity contribution in [3.8, 4) is 0 Å². The molecule has 0 aliphatic rings. The fourth-order valence-electron chi connectivity index (χ4n) is 1.48. The highest BCUT2D eigenvalue weighted by molar-refractivity contribution is 5.70. The first-order chi connectivity index (χ1) is 9.02. The van der Waals surface area contributed by atoms with Crippen LogP contribution in [0.4, 0.5) is 4.79 Å². The molecule has 0 aliphatic heterocycles. The number of hydrogen-bond donors (Lipinski definition) is 1. The van der Waals surface area contributed by atoms with Crippen molar-refractivity contribution in [2.75, 3.05) is 13.6 Å². The van der Waals surface area contributed by atoms with Gasteiger partial charge in [-0.3, -0.25) is 4.79 Å². The molecule has 0 heterocycles. The first kappa shape index (κ1) is 15.0. The van der Waals surface area contributed by atoms with Crippen molar-refractivity contribution in [3.63, 3.8) is 0 Å². The molecule has 0 aliphatic carbocycles. The number of ether oxygens (including phenoxy) is 1. The molecule has 5 heteroatoms.